The lowest BCUT2D eigenvalue weighted by Crippen LogP contribution is -2.52. The zero-order valence-electron chi connectivity index (χ0n) is 21.1. The Morgan fingerprint density at radius 2 is 1.59 bits per heavy atom. The van der Waals surface area contributed by atoms with Crippen LogP contribution in [0, 0.1) is 0 Å². The number of unbranched alkanes of at least 4 members (excludes halogenated alkanes) is 10. The second-order valence-electron chi connectivity index (χ2n) is 9.15. The van der Waals surface area contributed by atoms with E-state index in [4.69, 9.17) is 4.74 Å². The lowest BCUT2D eigenvalue weighted by atomic mass is 10.1. The minimum absolute atomic E-state index is 0.326. The van der Waals surface area contributed by atoms with Gasteiger partial charge in [-0.25, -0.2) is 0 Å². The van der Waals surface area contributed by atoms with Gasteiger partial charge in [0.05, 0.1) is 13.2 Å². The van der Waals surface area contributed by atoms with Crippen molar-refractivity contribution in [2.45, 2.75) is 96.6 Å². The van der Waals surface area contributed by atoms with Gasteiger partial charge in [-0.2, -0.15) is 0 Å². The van der Waals surface area contributed by atoms with Crippen molar-refractivity contribution in [1.82, 2.24) is 15.6 Å². The number of carbonyl (C=O) groups excluding carboxylic acids is 2. The molecule has 0 bridgehead atoms. The number of rotatable bonds is 17. The average molecular weight is 474 g/mol. The number of aromatic amines is 1. The van der Waals surface area contributed by atoms with Gasteiger partial charge in [-0.15, -0.1) is 0 Å². The van der Waals surface area contributed by atoms with Crippen LogP contribution in [0.3, 0.4) is 0 Å². The van der Waals surface area contributed by atoms with E-state index in [2.05, 4.69) is 22.5 Å². The number of aromatic nitrogens is 1. The molecule has 1 heterocycles. The van der Waals surface area contributed by atoms with Gasteiger partial charge >= 0.3 is 0 Å². The van der Waals surface area contributed by atoms with Crippen molar-refractivity contribution in [3.63, 3.8) is 0 Å². The molecule has 2 atom stereocenters. The fraction of sp³-hybridized carbons (Fsp3) is 0.630. The van der Waals surface area contributed by atoms with E-state index in [9.17, 15) is 14.7 Å². The fourth-order valence-corrected chi connectivity index (χ4v) is 4.09. The van der Waals surface area contributed by atoms with Crippen molar-refractivity contribution in [3.05, 3.63) is 30.0 Å². The second-order valence-corrected chi connectivity index (χ2v) is 9.15. The monoisotopic (exact) mass is 473 g/mol. The van der Waals surface area contributed by atoms with Crippen LogP contribution in [0.15, 0.2) is 24.3 Å². The second kappa shape index (κ2) is 15.4. The van der Waals surface area contributed by atoms with Crippen LogP contribution in [-0.4, -0.2) is 47.7 Å². The Labute approximate surface area is 204 Å². The number of fused-ring (bicyclic) bond motifs is 1. The van der Waals surface area contributed by atoms with Crippen molar-refractivity contribution >= 4 is 22.7 Å². The molecule has 1 aromatic heterocycles. The van der Waals surface area contributed by atoms with Crippen molar-refractivity contribution in [1.29, 1.82) is 0 Å². The number of benzene rings is 1. The zero-order valence-corrected chi connectivity index (χ0v) is 21.1. The lowest BCUT2D eigenvalue weighted by Gasteiger charge is -2.20. The molecule has 34 heavy (non-hydrogen) atoms. The molecule has 7 heteroatoms. The van der Waals surface area contributed by atoms with E-state index < -0.39 is 18.1 Å². The summed E-state index contributed by atoms with van der Waals surface area (Å²) in [5.41, 5.74) is 1.12. The number of aliphatic hydroxyl groups is 1. The summed E-state index contributed by atoms with van der Waals surface area (Å²) in [5.74, 6) is -0.110. The molecule has 0 radical (unpaired) electrons. The highest BCUT2D eigenvalue weighted by Gasteiger charge is 2.26. The smallest absolute Gasteiger partial charge is 0.268 e. The van der Waals surface area contributed by atoms with Gasteiger partial charge in [0, 0.05) is 17.4 Å². The van der Waals surface area contributed by atoms with Gasteiger partial charge in [0.15, 0.2) is 0 Å². The summed E-state index contributed by atoms with van der Waals surface area (Å²) in [6.45, 7) is 4.29. The topological polar surface area (TPSA) is 103 Å². The standard InChI is InChI=1S/C27H43N3O4/c1-4-5-6-7-8-9-10-11-12-13-14-17-28-27(33)25(20(2)31)30-26(32)24-19-21-18-22(34-3)15-16-23(21)29-24/h15-16,18-20,25,29,31H,4-14,17H2,1-3H3,(H,28,33)(H,30,32)/t20-,25+/m1/s1. The first-order valence-corrected chi connectivity index (χ1v) is 12.9. The molecule has 2 rings (SSSR count). The van der Waals surface area contributed by atoms with E-state index >= 15 is 0 Å². The molecule has 4 N–H and O–H groups in total. The molecule has 2 aromatic rings. The predicted molar refractivity (Wildman–Crippen MR) is 137 cm³/mol. The molecule has 7 nitrogen and oxygen atoms in total. The first-order valence-electron chi connectivity index (χ1n) is 12.9. The number of aliphatic hydroxyl groups excluding tert-OH is 1. The predicted octanol–water partition coefficient (Wildman–Crippen LogP) is 5.08. The van der Waals surface area contributed by atoms with Gasteiger partial charge in [-0.05, 0) is 37.6 Å². The van der Waals surface area contributed by atoms with Crippen molar-refractivity contribution < 1.29 is 19.4 Å². The van der Waals surface area contributed by atoms with Crippen LogP contribution in [0.5, 0.6) is 5.75 Å². The van der Waals surface area contributed by atoms with Crippen LogP contribution in [-0.2, 0) is 4.79 Å². The van der Waals surface area contributed by atoms with Gasteiger partial charge in [-0.3, -0.25) is 9.59 Å². The molecule has 190 valence electrons. The van der Waals surface area contributed by atoms with E-state index in [1.165, 1.54) is 64.7 Å². The Hall–Kier alpha value is -2.54. The Morgan fingerprint density at radius 1 is 0.971 bits per heavy atom. The zero-order chi connectivity index (χ0) is 24.8. The molecule has 2 amide bonds. The highest BCUT2D eigenvalue weighted by atomic mass is 16.5. The number of ether oxygens (including phenoxy) is 1. The molecule has 0 aliphatic rings. The molecule has 0 aliphatic carbocycles. The summed E-state index contributed by atoms with van der Waals surface area (Å²) in [5, 5.41) is 16.4. The van der Waals surface area contributed by atoms with Gasteiger partial charge in [-0.1, -0.05) is 71.1 Å². The van der Waals surface area contributed by atoms with E-state index in [0.29, 0.717) is 18.0 Å². The summed E-state index contributed by atoms with van der Waals surface area (Å²) in [7, 11) is 1.59. The quantitative estimate of drug-likeness (QED) is 0.240. The van der Waals surface area contributed by atoms with E-state index in [1.54, 1.807) is 19.2 Å². The van der Waals surface area contributed by atoms with Gasteiger partial charge in [0.25, 0.3) is 5.91 Å². The number of hydrogen-bond acceptors (Lipinski definition) is 4. The molecule has 0 saturated carbocycles. The maximum Gasteiger partial charge on any atom is 0.268 e. The van der Waals surface area contributed by atoms with Gasteiger partial charge in [0.2, 0.25) is 5.91 Å². The first kappa shape index (κ1) is 27.7. The third-order valence-corrected chi connectivity index (χ3v) is 6.20. The largest absolute Gasteiger partial charge is 0.497 e. The van der Waals surface area contributed by atoms with Crippen LogP contribution in [0.1, 0.15) is 95.0 Å². The Bertz CT molecular complexity index is 878. The van der Waals surface area contributed by atoms with Crippen LogP contribution in [0.25, 0.3) is 10.9 Å². The molecule has 0 spiro atoms. The van der Waals surface area contributed by atoms with Gasteiger partial charge in [0.1, 0.15) is 17.5 Å². The number of nitrogens with one attached hydrogen (secondary N) is 3. The first-order chi connectivity index (χ1) is 16.5. The number of H-pyrrole nitrogens is 1. The van der Waals surface area contributed by atoms with E-state index in [-0.39, 0.29) is 5.91 Å². The highest BCUT2D eigenvalue weighted by Crippen LogP contribution is 2.21. The van der Waals surface area contributed by atoms with Crippen LogP contribution in [0.2, 0.25) is 0 Å². The Balaban J connectivity index is 1.68. The van der Waals surface area contributed by atoms with Crippen LogP contribution >= 0.6 is 0 Å². The van der Waals surface area contributed by atoms with E-state index in [1.807, 2.05) is 12.1 Å². The van der Waals surface area contributed by atoms with Crippen LogP contribution < -0.4 is 15.4 Å². The number of hydrogen-bond donors (Lipinski definition) is 4. The maximum absolute atomic E-state index is 12.7. The maximum atomic E-state index is 12.7. The fourth-order valence-electron chi connectivity index (χ4n) is 4.09. The number of methoxy groups -OCH3 is 1. The van der Waals surface area contributed by atoms with Gasteiger partial charge < -0.3 is 25.5 Å². The summed E-state index contributed by atoms with van der Waals surface area (Å²) in [6.07, 6.45) is 12.7. The highest BCUT2D eigenvalue weighted by molar-refractivity contribution is 6.00. The molecule has 0 fully saturated rings. The minimum Gasteiger partial charge on any atom is -0.497 e. The minimum atomic E-state index is -1.01. The molecule has 1 aromatic carbocycles. The SMILES string of the molecule is CCCCCCCCCCCCCNC(=O)[C@@H](NC(=O)c1cc2cc(OC)ccc2[nH]1)[C@@H](C)O. The number of amides is 2. The lowest BCUT2D eigenvalue weighted by molar-refractivity contribution is -0.125. The average Bonchev–Trinajstić information content (AvgIpc) is 3.26. The van der Waals surface area contributed by atoms with Crippen molar-refractivity contribution in [2.24, 2.45) is 0 Å². The summed E-state index contributed by atoms with van der Waals surface area (Å²) < 4.78 is 5.21. The Kier molecular flexibility index (Phi) is 12.5. The molecular formula is C27H43N3O4. The number of carbonyl (C=O) groups is 2. The summed E-state index contributed by atoms with van der Waals surface area (Å²) >= 11 is 0. The normalized spacial score (nSPS) is 12.9. The van der Waals surface area contributed by atoms with Crippen molar-refractivity contribution in [3.8, 4) is 5.75 Å². The molecule has 0 aliphatic heterocycles. The molecular weight excluding hydrogens is 430 g/mol. The molecule has 0 saturated heterocycles. The molecule has 0 unspecified atom stereocenters. The Morgan fingerprint density at radius 3 is 2.18 bits per heavy atom. The van der Waals surface area contributed by atoms with Crippen LogP contribution in [0.4, 0.5) is 0 Å². The van der Waals surface area contributed by atoms with Crippen molar-refractivity contribution in [2.75, 3.05) is 13.7 Å². The van der Waals surface area contributed by atoms with E-state index in [0.717, 1.165) is 23.7 Å². The summed E-state index contributed by atoms with van der Waals surface area (Å²) in [4.78, 5) is 28.3. The third-order valence-electron chi connectivity index (χ3n) is 6.20. The third kappa shape index (κ3) is 9.37. The summed E-state index contributed by atoms with van der Waals surface area (Å²) in [6, 6.07) is 6.16.